The summed E-state index contributed by atoms with van der Waals surface area (Å²) in [5.74, 6) is -0.426. The van der Waals surface area contributed by atoms with Gasteiger partial charge in [-0.2, -0.15) is 0 Å². The monoisotopic (exact) mass is 481 g/mol. The molecule has 138 valence electrons. The van der Waals surface area contributed by atoms with Gasteiger partial charge in [0.05, 0.1) is 10.0 Å². The third-order valence-electron chi connectivity index (χ3n) is 4.58. The fourth-order valence-corrected chi connectivity index (χ4v) is 4.24. The Balaban J connectivity index is 1.67. The first kappa shape index (κ1) is 19.2. The summed E-state index contributed by atoms with van der Waals surface area (Å²) in [7, 11) is 0. The second-order valence-corrected chi connectivity index (χ2v) is 7.98. The number of amides is 1. The molecule has 0 spiro atoms. The van der Waals surface area contributed by atoms with Crippen LogP contribution in [0, 0.1) is 0 Å². The zero-order valence-corrected chi connectivity index (χ0v) is 17.7. The average Bonchev–Trinajstić information content (AvgIpc) is 2.65. The fraction of sp³-hybridized carbons (Fsp3) is 0.316. The molecule has 3 rings (SSSR count). The van der Waals surface area contributed by atoms with E-state index < -0.39 is 0 Å². The van der Waals surface area contributed by atoms with Crippen molar-refractivity contribution in [3.8, 4) is 5.75 Å². The summed E-state index contributed by atoms with van der Waals surface area (Å²) < 4.78 is 1.19. The predicted octanol–water partition coefficient (Wildman–Crippen LogP) is 4.31. The summed E-state index contributed by atoms with van der Waals surface area (Å²) in [6.45, 7) is 7.46. The molecule has 1 fully saturated rings. The highest BCUT2D eigenvalue weighted by atomic mass is 79.9. The van der Waals surface area contributed by atoms with Crippen LogP contribution in [0.1, 0.15) is 17.3 Å². The van der Waals surface area contributed by atoms with Crippen LogP contribution in [0.15, 0.2) is 45.3 Å². The number of phenols is 1. The van der Waals surface area contributed by atoms with Crippen LogP contribution in [0.2, 0.25) is 0 Å². The van der Waals surface area contributed by atoms with Gasteiger partial charge in [0.1, 0.15) is 5.75 Å². The van der Waals surface area contributed by atoms with Crippen LogP contribution in [0.3, 0.4) is 0 Å². The Kier molecular flexibility index (Phi) is 6.21. The molecule has 5 nitrogen and oxygen atoms in total. The number of hydrogen-bond donors (Lipinski definition) is 2. The van der Waals surface area contributed by atoms with Gasteiger partial charge in [-0.15, -0.1) is 0 Å². The third kappa shape index (κ3) is 4.39. The van der Waals surface area contributed by atoms with Gasteiger partial charge in [-0.25, -0.2) is 0 Å². The van der Waals surface area contributed by atoms with Crippen molar-refractivity contribution in [2.45, 2.75) is 6.92 Å². The highest BCUT2D eigenvalue weighted by Crippen LogP contribution is 2.32. The number of likely N-dealkylation sites (N-methyl/N-ethyl adjacent to an activating group) is 1. The van der Waals surface area contributed by atoms with Gasteiger partial charge < -0.3 is 20.2 Å². The maximum atomic E-state index is 12.5. The van der Waals surface area contributed by atoms with Gasteiger partial charge >= 0.3 is 0 Å². The second-order valence-electron chi connectivity index (χ2n) is 6.21. The number of carbonyl (C=O) groups excluding carboxylic acids is 1. The Morgan fingerprint density at radius 3 is 2.38 bits per heavy atom. The summed E-state index contributed by atoms with van der Waals surface area (Å²) in [6.07, 6.45) is 0. The van der Waals surface area contributed by atoms with Crippen molar-refractivity contribution < 1.29 is 9.90 Å². The fourth-order valence-electron chi connectivity index (χ4n) is 3.02. The molecule has 0 unspecified atom stereocenters. The molecule has 7 heteroatoms. The molecule has 1 amide bonds. The largest absolute Gasteiger partial charge is 0.506 e. The van der Waals surface area contributed by atoms with E-state index in [-0.39, 0.29) is 17.2 Å². The summed E-state index contributed by atoms with van der Waals surface area (Å²) in [6, 6.07) is 11.1. The van der Waals surface area contributed by atoms with E-state index in [1.54, 1.807) is 12.1 Å². The minimum Gasteiger partial charge on any atom is -0.506 e. The zero-order chi connectivity index (χ0) is 18.7. The minimum absolute atomic E-state index is 0.0730. The molecule has 0 bridgehead atoms. The molecule has 0 atom stereocenters. The highest BCUT2D eigenvalue weighted by molar-refractivity contribution is 9.11. The van der Waals surface area contributed by atoms with Crippen LogP contribution < -0.4 is 10.2 Å². The van der Waals surface area contributed by atoms with Crippen LogP contribution in [-0.2, 0) is 0 Å². The van der Waals surface area contributed by atoms with Crippen molar-refractivity contribution in [3.05, 3.63) is 50.9 Å². The van der Waals surface area contributed by atoms with E-state index in [0.717, 1.165) is 38.4 Å². The quantitative estimate of drug-likeness (QED) is 0.681. The first-order valence-corrected chi connectivity index (χ1v) is 10.1. The van der Waals surface area contributed by atoms with Crippen LogP contribution in [-0.4, -0.2) is 48.6 Å². The summed E-state index contributed by atoms with van der Waals surface area (Å²) in [5, 5.41) is 12.9. The predicted molar refractivity (Wildman–Crippen MR) is 112 cm³/mol. The first-order chi connectivity index (χ1) is 12.5. The van der Waals surface area contributed by atoms with Gasteiger partial charge in [-0.05, 0) is 58.9 Å². The van der Waals surface area contributed by atoms with E-state index in [0.29, 0.717) is 14.6 Å². The molecule has 1 aliphatic heterocycles. The molecule has 2 aromatic carbocycles. The SMILES string of the molecule is CCN1CCN(c2ccc(NC(=O)c3cc(Br)cc(Br)c3O)cc2)CC1. The maximum absolute atomic E-state index is 12.5. The number of anilines is 2. The Morgan fingerprint density at radius 2 is 1.77 bits per heavy atom. The number of benzene rings is 2. The molecule has 0 radical (unpaired) electrons. The molecule has 2 N–H and O–H groups in total. The smallest absolute Gasteiger partial charge is 0.259 e. The number of halogens is 2. The summed E-state index contributed by atoms with van der Waals surface area (Å²) in [5.41, 5.74) is 2.07. The maximum Gasteiger partial charge on any atom is 0.259 e. The number of rotatable bonds is 4. The lowest BCUT2D eigenvalue weighted by molar-refractivity contribution is 0.102. The topological polar surface area (TPSA) is 55.8 Å². The van der Waals surface area contributed by atoms with Crippen LogP contribution in [0.25, 0.3) is 0 Å². The van der Waals surface area contributed by atoms with Crippen molar-refractivity contribution >= 4 is 49.1 Å². The van der Waals surface area contributed by atoms with E-state index in [1.165, 1.54) is 0 Å². The number of aromatic hydroxyl groups is 1. The van der Waals surface area contributed by atoms with Gasteiger partial charge in [0.25, 0.3) is 5.91 Å². The van der Waals surface area contributed by atoms with E-state index in [9.17, 15) is 9.90 Å². The van der Waals surface area contributed by atoms with Gasteiger partial charge in [0, 0.05) is 42.0 Å². The van der Waals surface area contributed by atoms with Crippen molar-refractivity contribution in [1.29, 1.82) is 0 Å². The molecular weight excluding hydrogens is 462 g/mol. The Labute approximate surface area is 170 Å². The molecule has 1 saturated heterocycles. The lowest BCUT2D eigenvalue weighted by Gasteiger charge is -2.35. The number of piperazine rings is 1. The lowest BCUT2D eigenvalue weighted by atomic mass is 10.1. The molecule has 0 aliphatic carbocycles. The van der Waals surface area contributed by atoms with E-state index in [4.69, 9.17) is 0 Å². The van der Waals surface area contributed by atoms with Gasteiger partial charge in [-0.1, -0.05) is 22.9 Å². The van der Waals surface area contributed by atoms with Crippen LogP contribution in [0.5, 0.6) is 5.75 Å². The average molecular weight is 483 g/mol. The van der Waals surface area contributed by atoms with Crippen molar-refractivity contribution in [3.63, 3.8) is 0 Å². The van der Waals surface area contributed by atoms with E-state index in [1.807, 2.05) is 24.3 Å². The Bertz CT molecular complexity index is 788. The molecule has 0 saturated carbocycles. The van der Waals surface area contributed by atoms with Gasteiger partial charge in [0.15, 0.2) is 0 Å². The molecular formula is C19H21Br2N3O2. The molecule has 2 aromatic rings. The molecule has 0 aromatic heterocycles. The van der Waals surface area contributed by atoms with Crippen LogP contribution >= 0.6 is 31.9 Å². The third-order valence-corrected chi connectivity index (χ3v) is 5.64. The van der Waals surface area contributed by atoms with Gasteiger partial charge in [0.2, 0.25) is 0 Å². The normalized spacial score (nSPS) is 15.1. The number of phenolic OH excluding ortho intramolecular Hbond substituents is 1. The number of hydrogen-bond acceptors (Lipinski definition) is 4. The Morgan fingerprint density at radius 1 is 1.12 bits per heavy atom. The first-order valence-electron chi connectivity index (χ1n) is 8.54. The van der Waals surface area contributed by atoms with Crippen molar-refractivity contribution in [2.75, 3.05) is 42.9 Å². The summed E-state index contributed by atoms with van der Waals surface area (Å²) in [4.78, 5) is 17.3. The van der Waals surface area contributed by atoms with Gasteiger partial charge in [-0.3, -0.25) is 4.79 Å². The number of nitrogens with one attached hydrogen (secondary N) is 1. The van der Waals surface area contributed by atoms with Crippen molar-refractivity contribution in [2.24, 2.45) is 0 Å². The zero-order valence-electron chi connectivity index (χ0n) is 14.5. The van der Waals surface area contributed by atoms with Crippen LogP contribution in [0.4, 0.5) is 11.4 Å². The van der Waals surface area contributed by atoms with E-state index in [2.05, 4.69) is 53.9 Å². The second kappa shape index (κ2) is 8.41. The van der Waals surface area contributed by atoms with Crippen molar-refractivity contribution in [1.82, 2.24) is 4.90 Å². The number of carbonyl (C=O) groups is 1. The Hall–Kier alpha value is -1.57. The molecule has 1 aliphatic rings. The molecule has 1 heterocycles. The summed E-state index contributed by atoms with van der Waals surface area (Å²) >= 11 is 6.58. The minimum atomic E-state index is -0.353. The standard InChI is InChI=1S/C19H21Br2N3O2/c1-2-23-7-9-24(10-8-23)15-5-3-14(4-6-15)22-19(26)16-11-13(20)12-17(21)18(16)25/h3-6,11-12,25H,2,7-10H2,1H3,(H,22,26). The lowest BCUT2D eigenvalue weighted by Crippen LogP contribution is -2.46. The highest BCUT2D eigenvalue weighted by Gasteiger charge is 2.17. The molecule has 26 heavy (non-hydrogen) atoms. The number of nitrogens with zero attached hydrogens (tertiary/aromatic N) is 2. The van der Waals surface area contributed by atoms with E-state index >= 15 is 0 Å².